The van der Waals surface area contributed by atoms with Crippen molar-refractivity contribution in [3.63, 3.8) is 0 Å². The van der Waals surface area contributed by atoms with Crippen LogP contribution in [0.5, 0.6) is 0 Å². The summed E-state index contributed by atoms with van der Waals surface area (Å²) in [6, 6.07) is 10.6. The summed E-state index contributed by atoms with van der Waals surface area (Å²) < 4.78 is 2.25. The third-order valence-corrected chi connectivity index (χ3v) is 6.39. The van der Waals surface area contributed by atoms with Gasteiger partial charge < -0.3 is 9.88 Å². The van der Waals surface area contributed by atoms with E-state index in [9.17, 15) is 4.79 Å². The molecule has 5 rings (SSSR count). The van der Waals surface area contributed by atoms with Gasteiger partial charge in [-0.05, 0) is 36.6 Å². The Hall–Kier alpha value is -2.80. The van der Waals surface area contributed by atoms with Crippen molar-refractivity contribution in [2.75, 3.05) is 19.6 Å². The average molecular weight is 405 g/mol. The molecular formula is C23H28N6O. The number of amides is 1. The van der Waals surface area contributed by atoms with Crippen LogP contribution in [-0.2, 0) is 30.7 Å². The lowest BCUT2D eigenvalue weighted by atomic mass is 9.85. The standard InChI is InChI=1S/C23H28N6O/c30-23(18-3-1-4-18)25-11-8-21-26-27-22-9-12-28(13-14-29(21)22)16-17-6-7-20-19(15-17)5-2-10-24-20/h2,5-7,10,15,18H,1,3-4,8-9,11-14,16H2,(H,25,30). The van der Waals surface area contributed by atoms with Crippen LogP contribution >= 0.6 is 0 Å². The van der Waals surface area contributed by atoms with E-state index < -0.39 is 0 Å². The highest BCUT2D eigenvalue weighted by Crippen LogP contribution is 2.26. The Balaban J connectivity index is 1.18. The van der Waals surface area contributed by atoms with E-state index in [1.165, 1.54) is 17.4 Å². The van der Waals surface area contributed by atoms with Crippen molar-refractivity contribution in [3.05, 3.63) is 53.7 Å². The van der Waals surface area contributed by atoms with Crippen LogP contribution in [0, 0.1) is 5.92 Å². The highest BCUT2D eigenvalue weighted by molar-refractivity contribution is 5.79. The van der Waals surface area contributed by atoms with Crippen LogP contribution in [0.4, 0.5) is 0 Å². The molecule has 3 aromatic rings. The Kier molecular flexibility index (Phi) is 5.45. The first-order valence-electron chi connectivity index (χ1n) is 11.0. The molecule has 0 unspecified atom stereocenters. The second-order valence-electron chi connectivity index (χ2n) is 8.41. The van der Waals surface area contributed by atoms with Gasteiger partial charge in [-0.1, -0.05) is 18.6 Å². The van der Waals surface area contributed by atoms with Crippen LogP contribution in [0.3, 0.4) is 0 Å². The van der Waals surface area contributed by atoms with E-state index in [0.29, 0.717) is 6.54 Å². The Morgan fingerprint density at radius 1 is 1.13 bits per heavy atom. The lowest BCUT2D eigenvalue weighted by Crippen LogP contribution is -2.35. The van der Waals surface area contributed by atoms with Gasteiger partial charge in [0.15, 0.2) is 0 Å². The number of benzene rings is 1. The van der Waals surface area contributed by atoms with Gasteiger partial charge in [-0.3, -0.25) is 14.7 Å². The number of nitrogens with one attached hydrogen (secondary N) is 1. The molecule has 2 aliphatic rings. The predicted molar refractivity (Wildman–Crippen MR) is 115 cm³/mol. The minimum atomic E-state index is 0.202. The molecule has 0 spiro atoms. The summed E-state index contributed by atoms with van der Waals surface area (Å²) >= 11 is 0. The molecule has 2 aromatic heterocycles. The van der Waals surface area contributed by atoms with E-state index in [1.54, 1.807) is 0 Å². The lowest BCUT2D eigenvalue weighted by Gasteiger charge is -2.24. The van der Waals surface area contributed by atoms with Gasteiger partial charge in [0.2, 0.25) is 5.91 Å². The van der Waals surface area contributed by atoms with E-state index in [4.69, 9.17) is 0 Å². The molecule has 7 nitrogen and oxygen atoms in total. The number of carbonyl (C=O) groups is 1. The molecule has 30 heavy (non-hydrogen) atoms. The van der Waals surface area contributed by atoms with E-state index >= 15 is 0 Å². The lowest BCUT2D eigenvalue weighted by molar-refractivity contribution is -0.127. The summed E-state index contributed by atoms with van der Waals surface area (Å²) in [7, 11) is 0. The highest BCUT2D eigenvalue weighted by atomic mass is 16.1. The van der Waals surface area contributed by atoms with Crippen molar-refractivity contribution in [1.29, 1.82) is 0 Å². The SMILES string of the molecule is O=C(NCCc1nnc2n1CCN(Cc1ccc3ncccc3c1)CC2)C1CCC1. The predicted octanol–water partition coefficient (Wildman–Crippen LogP) is 2.34. The van der Waals surface area contributed by atoms with E-state index in [-0.39, 0.29) is 11.8 Å². The van der Waals surface area contributed by atoms with Gasteiger partial charge in [0.05, 0.1) is 5.52 Å². The fraction of sp³-hybridized carbons (Fsp3) is 0.478. The normalized spacial score (nSPS) is 17.3. The largest absolute Gasteiger partial charge is 0.355 e. The van der Waals surface area contributed by atoms with Gasteiger partial charge in [-0.2, -0.15) is 0 Å². The fourth-order valence-electron chi connectivity index (χ4n) is 4.36. The Labute approximate surface area is 176 Å². The molecule has 0 radical (unpaired) electrons. The molecule has 1 aliphatic heterocycles. The molecule has 3 heterocycles. The van der Waals surface area contributed by atoms with Gasteiger partial charge in [-0.15, -0.1) is 10.2 Å². The van der Waals surface area contributed by atoms with Crippen molar-refractivity contribution >= 4 is 16.8 Å². The van der Waals surface area contributed by atoms with Gasteiger partial charge >= 0.3 is 0 Å². The van der Waals surface area contributed by atoms with Crippen molar-refractivity contribution in [3.8, 4) is 0 Å². The first kappa shape index (κ1) is 19.2. The van der Waals surface area contributed by atoms with Crippen LogP contribution in [0.25, 0.3) is 10.9 Å². The Bertz CT molecular complexity index is 1040. The van der Waals surface area contributed by atoms with Crippen LogP contribution in [0.1, 0.15) is 36.5 Å². The third-order valence-electron chi connectivity index (χ3n) is 6.39. The summed E-state index contributed by atoms with van der Waals surface area (Å²) in [5.41, 5.74) is 2.35. The second-order valence-corrected chi connectivity index (χ2v) is 8.41. The molecule has 1 fully saturated rings. The van der Waals surface area contributed by atoms with Gasteiger partial charge in [-0.25, -0.2) is 0 Å². The summed E-state index contributed by atoms with van der Waals surface area (Å²) in [5.74, 6) is 2.48. The van der Waals surface area contributed by atoms with Crippen molar-refractivity contribution in [2.24, 2.45) is 5.92 Å². The summed E-state index contributed by atoms with van der Waals surface area (Å²) in [4.78, 5) is 18.9. The van der Waals surface area contributed by atoms with Gasteiger partial charge in [0.1, 0.15) is 11.6 Å². The van der Waals surface area contributed by atoms with Crippen LogP contribution in [-0.4, -0.2) is 50.2 Å². The van der Waals surface area contributed by atoms with Gasteiger partial charge in [0.25, 0.3) is 0 Å². The van der Waals surface area contributed by atoms with E-state index in [1.807, 2.05) is 12.3 Å². The van der Waals surface area contributed by atoms with Crippen LogP contribution in [0.2, 0.25) is 0 Å². The molecule has 7 heteroatoms. The molecule has 156 valence electrons. The molecule has 1 N–H and O–H groups in total. The second kappa shape index (κ2) is 8.52. The molecule has 1 aromatic carbocycles. The average Bonchev–Trinajstić information content (AvgIpc) is 2.99. The highest BCUT2D eigenvalue weighted by Gasteiger charge is 2.25. The topological polar surface area (TPSA) is 75.9 Å². The number of hydrogen-bond acceptors (Lipinski definition) is 5. The third kappa shape index (κ3) is 4.07. The van der Waals surface area contributed by atoms with Crippen molar-refractivity contribution < 1.29 is 4.79 Å². The maximum absolute atomic E-state index is 12.0. The van der Waals surface area contributed by atoms with E-state index in [0.717, 1.165) is 69.0 Å². The molecular weight excluding hydrogens is 376 g/mol. The first-order valence-corrected chi connectivity index (χ1v) is 11.0. The Morgan fingerprint density at radius 3 is 2.93 bits per heavy atom. The summed E-state index contributed by atoms with van der Waals surface area (Å²) in [6.07, 6.45) is 6.73. The number of rotatable bonds is 6. The number of pyridine rings is 1. The first-order chi connectivity index (χ1) is 14.8. The number of aromatic nitrogens is 4. The zero-order valence-electron chi connectivity index (χ0n) is 17.3. The maximum atomic E-state index is 12.0. The zero-order chi connectivity index (χ0) is 20.3. The maximum Gasteiger partial charge on any atom is 0.223 e. The van der Waals surface area contributed by atoms with Crippen LogP contribution < -0.4 is 5.32 Å². The minimum Gasteiger partial charge on any atom is -0.355 e. The number of nitrogens with zero attached hydrogens (tertiary/aromatic N) is 5. The molecule has 1 amide bonds. The number of fused-ring (bicyclic) bond motifs is 2. The number of carbonyl (C=O) groups excluding carboxylic acids is 1. The van der Waals surface area contributed by atoms with Crippen LogP contribution in [0.15, 0.2) is 36.5 Å². The zero-order valence-corrected chi connectivity index (χ0v) is 17.3. The van der Waals surface area contributed by atoms with Crippen molar-refractivity contribution in [1.82, 2.24) is 30.0 Å². The molecule has 1 saturated carbocycles. The molecule has 0 bridgehead atoms. The monoisotopic (exact) mass is 404 g/mol. The minimum absolute atomic E-state index is 0.202. The summed E-state index contributed by atoms with van der Waals surface area (Å²) in [6.45, 7) is 4.40. The van der Waals surface area contributed by atoms with Gasteiger partial charge in [0, 0.05) is 63.1 Å². The smallest absolute Gasteiger partial charge is 0.223 e. The summed E-state index contributed by atoms with van der Waals surface area (Å²) in [5, 5.41) is 13.1. The molecule has 0 atom stereocenters. The molecule has 1 aliphatic carbocycles. The molecule has 0 saturated heterocycles. The van der Waals surface area contributed by atoms with E-state index in [2.05, 4.69) is 54.2 Å². The number of hydrogen-bond donors (Lipinski definition) is 1. The van der Waals surface area contributed by atoms with Crippen molar-refractivity contribution in [2.45, 2.75) is 45.2 Å². The quantitative estimate of drug-likeness (QED) is 0.683. The Morgan fingerprint density at radius 2 is 2.07 bits per heavy atom. The fourth-order valence-corrected chi connectivity index (χ4v) is 4.36.